The van der Waals surface area contributed by atoms with Gasteiger partial charge in [-0.2, -0.15) is 0 Å². The van der Waals surface area contributed by atoms with Crippen molar-refractivity contribution in [1.29, 1.82) is 0 Å². The van der Waals surface area contributed by atoms with Crippen molar-refractivity contribution in [2.45, 2.75) is 19.8 Å². The SMILES string of the molecule is CCCCOCCNc1cc(C(=O)O)c([N+](=O)[O-])cc1F. The zero-order valence-corrected chi connectivity index (χ0v) is 11.6. The largest absolute Gasteiger partial charge is 0.477 e. The summed E-state index contributed by atoms with van der Waals surface area (Å²) in [5, 5.41) is 22.3. The lowest BCUT2D eigenvalue weighted by Crippen LogP contribution is -2.12. The average molecular weight is 300 g/mol. The zero-order valence-electron chi connectivity index (χ0n) is 11.6. The fourth-order valence-corrected chi connectivity index (χ4v) is 1.63. The minimum absolute atomic E-state index is 0.0999. The summed E-state index contributed by atoms with van der Waals surface area (Å²) in [6, 6.07) is 1.52. The van der Waals surface area contributed by atoms with E-state index in [1.54, 1.807) is 0 Å². The van der Waals surface area contributed by atoms with Gasteiger partial charge in [0.1, 0.15) is 5.56 Å². The molecular formula is C13H17FN2O5. The number of anilines is 1. The Bertz CT molecular complexity index is 522. The lowest BCUT2D eigenvalue weighted by atomic mass is 10.1. The third-order valence-corrected chi connectivity index (χ3v) is 2.72. The molecule has 1 aromatic rings. The van der Waals surface area contributed by atoms with Crippen LogP contribution in [0.2, 0.25) is 0 Å². The predicted molar refractivity (Wildman–Crippen MR) is 74.2 cm³/mol. The third kappa shape index (κ3) is 4.99. The number of nitro groups is 1. The van der Waals surface area contributed by atoms with Crippen molar-refractivity contribution in [3.05, 3.63) is 33.6 Å². The summed E-state index contributed by atoms with van der Waals surface area (Å²) in [7, 11) is 0. The van der Waals surface area contributed by atoms with Crippen molar-refractivity contribution in [3.63, 3.8) is 0 Å². The highest BCUT2D eigenvalue weighted by atomic mass is 19.1. The fraction of sp³-hybridized carbons (Fsp3) is 0.462. The number of hydrogen-bond acceptors (Lipinski definition) is 5. The third-order valence-electron chi connectivity index (χ3n) is 2.72. The monoisotopic (exact) mass is 300 g/mol. The van der Waals surface area contributed by atoms with Crippen molar-refractivity contribution in [2.75, 3.05) is 25.1 Å². The highest BCUT2D eigenvalue weighted by Crippen LogP contribution is 2.26. The van der Waals surface area contributed by atoms with Gasteiger partial charge in [-0.05, 0) is 12.5 Å². The number of benzene rings is 1. The van der Waals surface area contributed by atoms with E-state index in [-0.39, 0.29) is 12.2 Å². The number of aromatic carboxylic acids is 1. The molecule has 0 aliphatic carbocycles. The molecule has 116 valence electrons. The van der Waals surface area contributed by atoms with Crippen LogP contribution in [0.5, 0.6) is 0 Å². The fourth-order valence-electron chi connectivity index (χ4n) is 1.63. The summed E-state index contributed by atoms with van der Waals surface area (Å²) in [6.07, 6.45) is 1.93. The Morgan fingerprint density at radius 1 is 1.48 bits per heavy atom. The van der Waals surface area contributed by atoms with Gasteiger partial charge in [-0.3, -0.25) is 10.1 Å². The molecule has 0 aromatic heterocycles. The Labute approximate surface area is 120 Å². The van der Waals surface area contributed by atoms with E-state index in [0.717, 1.165) is 18.9 Å². The molecule has 1 rings (SSSR count). The molecular weight excluding hydrogens is 283 g/mol. The maximum absolute atomic E-state index is 13.7. The van der Waals surface area contributed by atoms with E-state index in [1.165, 1.54) is 0 Å². The topological polar surface area (TPSA) is 102 Å². The summed E-state index contributed by atoms with van der Waals surface area (Å²) in [4.78, 5) is 20.7. The number of nitrogens with zero attached hydrogens (tertiary/aromatic N) is 1. The molecule has 0 radical (unpaired) electrons. The molecule has 8 heteroatoms. The van der Waals surface area contributed by atoms with E-state index < -0.39 is 28.0 Å². The Hall–Kier alpha value is -2.22. The highest BCUT2D eigenvalue weighted by Gasteiger charge is 2.23. The molecule has 0 aliphatic rings. The van der Waals surface area contributed by atoms with E-state index in [1.807, 2.05) is 6.92 Å². The highest BCUT2D eigenvalue weighted by molar-refractivity contribution is 5.93. The Kier molecular flexibility index (Phi) is 6.54. The number of nitro benzene ring substituents is 1. The minimum Gasteiger partial charge on any atom is -0.477 e. The average Bonchev–Trinajstić information content (AvgIpc) is 2.43. The molecule has 21 heavy (non-hydrogen) atoms. The lowest BCUT2D eigenvalue weighted by molar-refractivity contribution is -0.385. The number of nitrogens with one attached hydrogen (secondary N) is 1. The molecule has 2 N–H and O–H groups in total. The predicted octanol–water partition coefficient (Wildman–Crippen LogP) is 2.66. The van der Waals surface area contributed by atoms with Gasteiger partial charge < -0.3 is 15.2 Å². The van der Waals surface area contributed by atoms with Crippen molar-refractivity contribution in [2.24, 2.45) is 0 Å². The molecule has 0 amide bonds. The van der Waals surface area contributed by atoms with Gasteiger partial charge >= 0.3 is 5.97 Å². The first-order valence-corrected chi connectivity index (χ1v) is 6.50. The second-order valence-corrected chi connectivity index (χ2v) is 4.30. The first-order chi connectivity index (χ1) is 9.97. The molecule has 7 nitrogen and oxygen atoms in total. The van der Waals surface area contributed by atoms with Crippen molar-refractivity contribution in [3.8, 4) is 0 Å². The number of carbonyl (C=O) groups is 1. The molecule has 0 saturated carbocycles. The Morgan fingerprint density at radius 3 is 2.76 bits per heavy atom. The first-order valence-electron chi connectivity index (χ1n) is 6.50. The van der Waals surface area contributed by atoms with Crippen LogP contribution in [-0.2, 0) is 4.74 Å². The molecule has 0 atom stereocenters. The number of rotatable bonds is 9. The first kappa shape index (κ1) is 16.8. The van der Waals surface area contributed by atoms with Gasteiger partial charge in [0.05, 0.1) is 23.3 Å². The number of ether oxygens (including phenoxy) is 1. The van der Waals surface area contributed by atoms with Gasteiger partial charge in [0.2, 0.25) is 0 Å². The van der Waals surface area contributed by atoms with Crippen LogP contribution >= 0.6 is 0 Å². The number of unbranched alkanes of at least 4 members (excludes halogenated alkanes) is 1. The van der Waals surface area contributed by atoms with Crippen molar-refractivity contribution < 1.29 is 24.0 Å². The standard InChI is InChI=1S/C13H17FN2O5/c1-2-3-5-21-6-4-15-11-7-9(13(17)18)12(16(19)20)8-10(11)14/h7-8,15H,2-6H2,1H3,(H,17,18). The van der Waals surface area contributed by atoms with E-state index in [4.69, 9.17) is 9.84 Å². The zero-order chi connectivity index (χ0) is 15.8. The molecule has 0 bridgehead atoms. The summed E-state index contributed by atoms with van der Waals surface area (Å²) in [6.45, 7) is 3.24. The van der Waals surface area contributed by atoms with Gasteiger partial charge in [0, 0.05) is 13.2 Å². The minimum atomic E-state index is -1.48. The quantitative estimate of drug-likeness (QED) is 0.413. The van der Waals surface area contributed by atoms with Crippen LogP contribution in [0.15, 0.2) is 12.1 Å². The number of carboxylic acid groups (broad SMARTS) is 1. The van der Waals surface area contributed by atoms with Crippen LogP contribution in [-0.4, -0.2) is 35.8 Å². The molecule has 0 saturated heterocycles. The number of halogens is 1. The second kappa shape index (κ2) is 8.15. The molecule has 1 aromatic carbocycles. The summed E-state index contributed by atoms with van der Waals surface area (Å²) < 4.78 is 18.9. The normalized spacial score (nSPS) is 10.4. The van der Waals surface area contributed by atoms with E-state index in [2.05, 4.69) is 5.32 Å². The smallest absolute Gasteiger partial charge is 0.342 e. The Balaban J connectivity index is 2.72. The second-order valence-electron chi connectivity index (χ2n) is 4.30. The summed E-state index contributed by atoms with van der Waals surface area (Å²) in [5.41, 5.74) is -1.43. The van der Waals surface area contributed by atoms with Crippen LogP contribution in [0.25, 0.3) is 0 Å². The summed E-state index contributed by atoms with van der Waals surface area (Å²) in [5.74, 6) is -2.36. The maximum Gasteiger partial charge on any atom is 0.342 e. The van der Waals surface area contributed by atoms with E-state index in [9.17, 15) is 19.3 Å². The molecule has 0 unspecified atom stereocenters. The number of carboxylic acids is 1. The molecule has 0 heterocycles. The lowest BCUT2D eigenvalue weighted by Gasteiger charge is -2.09. The van der Waals surface area contributed by atoms with E-state index >= 15 is 0 Å². The van der Waals surface area contributed by atoms with Crippen molar-refractivity contribution >= 4 is 17.3 Å². The van der Waals surface area contributed by atoms with Crippen LogP contribution < -0.4 is 5.32 Å². The van der Waals surface area contributed by atoms with Gasteiger partial charge in [-0.15, -0.1) is 0 Å². The van der Waals surface area contributed by atoms with Gasteiger partial charge in [-0.1, -0.05) is 13.3 Å². The van der Waals surface area contributed by atoms with Crippen LogP contribution in [0.1, 0.15) is 30.1 Å². The molecule has 0 spiro atoms. The van der Waals surface area contributed by atoms with Crippen LogP contribution in [0.3, 0.4) is 0 Å². The van der Waals surface area contributed by atoms with Gasteiger partial charge in [-0.25, -0.2) is 9.18 Å². The van der Waals surface area contributed by atoms with Crippen LogP contribution in [0, 0.1) is 15.9 Å². The summed E-state index contributed by atoms with van der Waals surface area (Å²) >= 11 is 0. The van der Waals surface area contributed by atoms with Crippen molar-refractivity contribution in [1.82, 2.24) is 0 Å². The maximum atomic E-state index is 13.7. The van der Waals surface area contributed by atoms with Gasteiger partial charge in [0.15, 0.2) is 5.82 Å². The molecule has 0 aliphatic heterocycles. The van der Waals surface area contributed by atoms with E-state index in [0.29, 0.717) is 19.3 Å². The Morgan fingerprint density at radius 2 is 2.19 bits per heavy atom. The van der Waals surface area contributed by atoms with Gasteiger partial charge in [0.25, 0.3) is 5.69 Å². The van der Waals surface area contributed by atoms with Crippen LogP contribution in [0.4, 0.5) is 15.8 Å². The molecule has 0 fully saturated rings. The number of hydrogen-bond donors (Lipinski definition) is 2.